The topological polar surface area (TPSA) is 38.9 Å². The number of rotatable bonds is 0. The van der Waals surface area contributed by atoms with E-state index in [1.165, 1.54) is 0 Å². The van der Waals surface area contributed by atoms with E-state index in [4.69, 9.17) is 28.9 Å². The largest absolute Gasteiger partial charge is 0.396 e. The number of hydrogen-bond acceptors (Lipinski definition) is 2. The van der Waals surface area contributed by atoms with Crippen molar-refractivity contribution in [1.82, 2.24) is 4.98 Å². The number of nitrogen functional groups attached to an aromatic ring is 1. The highest BCUT2D eigenvalue weighted by molar-refractivity contribution is 6.34. The minimum Gasteiger partial charge on any atom is -0.396 e. The maximum atomic E-state index is 12.4. The highest BCUT2D eigenvalue weighted by Crippen LogP contribution is 2.21. The zero-order valence-corrected chi connectivity index (χ0v) is 7.47. The van der Waals surface area contributed by atoms with Crippen LogP contribution in [0.4, 0.5) is 10.1 Å². The molecule has 2 N–H and O–H groups in total. The predicted octanol–water partition coefficient (Wildman–Crippen LogP) is 2.53. The van der Waals surface area contributed by atoms with E-state index >= 15 is 0 Å². The van der Waals surface area contributed by atoms with Crippen molar-refractivity contribution in [2.45, 2.75) is 0 Å². The number of nitrogens with two attached hydrogens (primary N) is 1. The second kappa shape index (κ2) is 3.95. The Kier molecular flexibility index (Phi) is 3.86. The SMILES string of the molecule is Cl.Nc1cc(F)c(Cl)nc1Cl. The Morgan fingerprint density at radius 3 is 2.36 bits per heavy atom. The third kappa shape index (κ3) is 2.36. The molecule has 0 unspecified atom stereocenters. The summed E-state index contributed by atoms with van der Waals surface area (Å²) < 4.78 is 12.4. The maximum Gasteiger partial charge on any atom is 0.166 e. The Labute approximate surface area is 78.9 Å². The van der Waals surface area contributed by atoms with Gasteiger partial charge in [0.1, 0.15) is 0 Å². The average Bonchev–Trinajstić information content (AvgIpc) is 1.84. The molecule has 0 spiro atoms. The summed E-state index contributed by atoms with van der Waals surface area (Å²) in [5.41, 5.74) is 5.28. The molecular weight excluding hydrogens is 213 g/mol. The van der Waals surface area contributed by atoms with E-state index in [0.29, 0.717) is 0 Å². The average molecular weight is 217 g/mol. The Balaban J connectivity index is 0.000001000. The second-order valence-corrected chi connectivity index (χ2v) is 2.36. The first kappa shape index (κ1) is 10.8. The smallest absolute Gasteiger partial charge is 0.166 e. The van der Waals surface area contributed by atoms with Gasteiger partial charge in [0.25, 0.3) is 0 Å². The molecular formula is C5H4Cl3FN2. The van der Waals surface area contributed by atoms with Crippen LogP contribution in [0.15, 0.2) is 6.07 Å². The summed E-state index contributed by atoms with van der Waals surface area (Å²) in [5, 5.41) is -0.245. The normalized spacial score (nSPS) is 9.00. The van der Waals surface area contributed by atoms with Crippen LogP contribution in [0.5, 0.6) is 0 Å². The Bertz CT molecular complexity index is 216. The Morgan fingerprint density at radius 2 is 1.91 bits per heavy atom. The second-order valence-electron chi connectivity index (χ2n) is 1.64. The van der Waals surface area contributed by atoms with Crippen molar-refractivity contribution < 1.29 is 4.39 Å². The fourth-order valence-electron chi connectivity index (χ4n) is 0.460. The molecule has 0 aromatic carbocycles. The molecule has 0 radical (unpaired) electrons. The van der Waals surface area contributed by atoms with E-state index in [9.17, 15) is 4.39 Å². The van der Waals surface area contributed by atoms with Gasteiger partial charge < -0.3 is 5.73 Å². The predicted molar refractivity (Wildman–Crippen MR) is 45.9 cm³/mol. The van der Waals surface area contributed by atoms with E-state index in [2.05, 4.69) is 4.98 Å². The molecule has 1 aromatic heterocycles. The molecule has 0 atom stereocenters. The van der Waals surface area contributed by atoms with Crippen molar-refractivity contribution in [1.29, 1.82) is 0 Å². The fraction of sp³-hybridized carbons (Fsp3) is 0. The third-order valence-corrected chi connectivity index (χ3v) is 1.48. The van der Waals surface area contributed by atoms with Gasteiger partial charge in [-0.05, 0) is 0 Å². The Hall–Kier alpha value is -0.250. The molecule has 0 aliphatic heterocycles. The van der Waals surface area contributed by atoms with Crippen LogP contribution in [-0.2, 0) is 0 Å². The molecule has 0 aliphatic rings. The van der Waals surface area contributed by atoms with Crippen molar-refractivity contribution in [3.8, 4) is 0 Å². The number of nitrogens with zero attached hydrogens (tertiary/aromatic N) is 1. The highest BCUT2D eigenvalue weighted by atomic mass is 35.5. The molecule has 1 rings (SSSR count). The van der Waals surface area contributed by atoms with Crippen LogP contribution in [-0.4, -0.2) is 4.98 Å². The monoisotopic (exact) mass is 216 g/mol. The van der Waals surface area contributed by atoms with Gasteiger partial charge in [0.2, 0.25) is 0 Å². The zero-order valence-electron chi connectivity index (χ0n) is 5.14. The van der Waals surface area contributed by atoms with Gasteiger partial charge in [-0.2, -0.15) is 0 Å². The summed E-state index contributed by atoms with van der Waals surface area (Å²) >= 11 is 10.7. The number of halogens is 4. The highest BCUT2D eigenvalue weighted by Gasteiger charge is 2.04. The summed E-state index contributed by atoms with van der Waals surface area (Å²) in [6.45, 7) is 0. The van der Waals surface area contributed by atoms with Gasteiger partial charge in [-0.1, -0.05) is 23.2 Å². The molecule has 0 aliphatic carbocycles. The van der Waals surface area contributed by atoms with E-state index < -0.39 is 5.82 Å². The van der Waals surface area contributed by atoms with Crippen molar-refractivity contribution in [3.05, 3.63) is 22.2 Å². The molecule has 62 valence electrons. The van der Waals surface area contributed by atoms with Crippen LogP contribution in [0.2, 0.25) is 10.3 Å². The van der Waals surface area contributed by atoms with Crippen molar-refractivity contribution in [3.63, 3.8) is 0 Å². The van der Waals surface area contributed by atoms with Gasteiger partial charge in [-0.25, -0.2) is 9.37 Å². The summed E-state index contributed by atoms with van der Waals surface area (Å²) in [4.78, 5) is 3.40. The van der Waals surface area contributed by atoms with Crippen LogP contribution >= 0.6 is 35.6 Å². The number of anilines is 1. The molecule has 1 aromatic rings. The summed E-state index contributed by atoms with van der Waals surface area (Å²) in [5.74, 6) is -0.663. The van der Waals surface area contributed by atoms with Crippen LogP contribution in [0.3, 0.4) is 0 Å². The van der Waals surface area contributed by atoms with E-state index in [-0.39, 0.29) is 28.4 Å². The quantitative estimate of drug-likeness (QED) is 0.678. The van der Waals surface area contributed by atoms with Gasteiger partial charge in [0.05, 0.1) is 5.69 Å². The van der Waals surface area contributed by atoms with Crippen LogP contribution in [0.1, 0.15) is 0 Å². The maximum absolute atomic E-state index is 12.4. The molecule has 0 saturated heterocycles. The fourth-order valence-corrected chi connectivity index (χ4v) is 0.781. The minimum absolute atomic E-state index is 0. The minimum atomic E-state index is -0.663. The summed E-state index contributed by atoms with van der Waals surface area (Å²) in [6, 6.07) is 1.03. The lowest BCUT2D eigenvalue weighted by Gasteiger charge is -1.96. The molecule has 0 bridgehead atoms. The Morgan fingerprint density at radius 1 is 1.36 bits per heavy atom. The lowest BCUT2D eigenvalue weighted by Crippen LogP contribution is -1.91. The molecule has 2 nitrogen and oxygen atoms in total. The zero-order chi connectivity index (χ0) is 7.72. The molecule has 6 heteroatoms. The molecule has 0 amide bonds. The van der Waals surface area contributed by atoms with Gasteiger partial charge in [-0.15, -0.1) is 12.4 Å². The number of aromatic nitrogens is 1. The lowest BCUT2D eigenvalue weighted by molar-refractivity contribution is 0.623. The lowest BCUT2D eigenvalue weighted by atomic mass is 10.4. The van der Waals surface area contributed by atoms with Gasteiger partial charge in [0, 0.05) is 6.07 Å². The standard InChI is InChI=1S/C5H3Cl2FN2.ClH/c6-4-2(8)1-3(9)5(7)10-4;/h1H,9H2;1H. The number of pyridine rings is 1. The van der Waals surface area contributed by atoms with Gasteiger partial charge in [-0.3, -0.25) is 0 Å². The van der Waals surface area contributed by atoms with Crippen molar-refractivity contribution >= 4 is 41.3 Å². The van der Waals surface area contributed by atoms with Gasteiger partial charge >= 0.3 is 0 Å². The first-order valence-corrected chi connectivity index (χ1v) is 3.14. The van der Waals surface area contributed by atoms with Gasteiger partial charge in [0.15, 0.2) is 16.1 Å². The van der Waals surface area contributed by atoms with Crippen LogP contribution < -0.4 is 5.73 Å². The number of hydrogen-bond donors (Lipinski definition) is 1. The molecule has 0 saturated carbocycles. The first-order valence-electron chi connectivity index (χ1n) is 2.38. The molecule has 0 fully saturated rings. The van der Waals surface area contributed by atoms with E-state index in [0.717, 1.165) is 6.07 Å². The third-order valence-electron chi connectivity index (χ3n) is 0.914. The van der Waals surface area contributed by atoms with E-state index in [1.54, 1.807) is 0 Å². The van der Waals surface area contributed by atoms with Crippen LogP contribution in [0, 0.1) is 5.82 Å². The van der Waals surface area contributed by atoms with Crippen LogP contribution in [0.25, 0.3) is 0 Å². The summed E-state index contributed by atoms with van der Waals surface area (Å²) in [6.07, 6.45) is 0. The van der Waals surface area contributed by atoms with Crippen molar-refractivity contribution in [2.75, 3.05) is 5.73 Å². The molecule has 11 heavy (non-hydrogen) atoms. The molecule has 1 heterocycles. The van der Waals surface area contributed by atoms with E-state index in [1.807, 2.05) is 0 Å². The summed E-state index contributed by atoms with van der Waals surface area (Å²) in [7, 11) is 0. The first-order chi connectivity index (χ1) is 4.61. The van der Waals surface area contributed by atoms with Crippen molar-refractivity contribution in [2.24, 2.45) is 0 Å².